The number of imidazole rings is 1. The Morgan fingerprint density at radius 3 is 2.94 bits per heavy atom. The molecule has 0 saturated heterocycles. The van der Waals surface area contributed by atoms with Gasteiger partial charge in [-0.1, -0.05) is 21.7 Å². The van der Waals surface area contributed by atoms with Crippen LogP contribution in [-0.4, -0.2) is 15.5 Å². The van der Waals surface area contributed by atoms with E-state index in [4.69, 9.17) is 5.41 Å². The zero-order valence-electron chi connectivity index (χ0n) is 9.08. The molecule has 5 nitrogen and oxygen atoms in total. The van der Waals surface area contributed by atoms with Crippen molar-refractivity contribution in [1.82, 2.24) is 9.61 Å². The molecule has 0 saturated carbocycles. The largest absolute Gasteiger partial charge is 0.763 e. The first-order valence-electron chi connectivity index (χ1n) is 5.09. The van der Waals surface area contributed by atoms with Crippen molar-refractivity contribution >= 4 is 22.6 Å². The van der Waals surface area contributed by atoms with Crippen LogP contribution >= 0.6 is 0 Å². The number of aryl methyl sites for hydroxylation is 1. The van der Waals surface area contributed by atoms with Crippen molar-refractivity contribution in [1.29, 1.82) is 0 Å². The van der Waals surface area contributed by atoms with Crippen molar-refractivity contribution in [2.45, 2.75) is 0 Å². The molecule has 0 amide bonds. The lowest BCUT2D eigenvalue weighted by Gasteiger charge is -1.86. The third-order valence-corrected chi connectivity index (χ3v) is 2.86. The van der Waals surface area contributed by atoms with Crippen LogP contribution < -0.4 is 15.2 Å². The maximum absolute atomic E-state index is 12.0. The number of hydrogen-bond acceptors (Lipinski definition) is 2. The van der Waals surface area contributed by atoms with Crippen LogP contribution in [0.2, 0.25) is 0 Å². The second-order valence-electron chi connectivity index (χ2n) is 3.78. The molecule has 3 rings (SSSR count). The summed E-state index contributed by atoms with van der Waals surface area (Å²) in [6.45, 7) is 0. The van der Waals surface area contributed by atoms with Crippen LogP contribution in [0.1, 0.15) is 0 Å². The summed E-state index contributed by atoms with van der Waals surface area (Å²) in [5, 5.41) is 13.0. The highest BCUT2D eigenvalue weighted by molar-refractivity contribution is 5.75. The summed E-state index contributed by atoms with van der Waals surface area (Å²) in [6, 6.07) is 7.59. The predicted molar refractivity (Wildman–Crippen MR) is 62.8 cm³/mol. The van der Waals surface area contributed by atoms with Crippen molar-refractivity contribution in [2.24, 2.45) is 7.05 Å². The number of nitrogens with zero attached hydrogens (tertiary/aromatic N) is 4. The average Bonchev–Trinajstić information content (AvgIpc) is 2.65. The maximum atomic E-state index is 12.0. The molecule has 1 aromatic carbocycles. The number of fused-ring (bicyclic) bond motifs is 3. The van der Waals surface area contributed by atoms with Crippen molar-refractivity contribution < 1.29 is 4.57 Å². The standard InChI is InChI=1S/C12H8N4O/c1-15-9-4-2-3-5-10(9)16-12(15)11(17)8(6-13)7-14-16/h2-5,7H,1H3. The van der Waals surface area contributed by atoms with Gasteiger partial charge in [0.15, 0.2) is 5.52 Å². The first-order chi connectivity index (χ1) is 8.24. The smallest absolute Gasteiger partial charge is 0.357 e. The van der Waals surface area contributed by atoms with E-state index in [2.05, 4.69) is 5.10 Å². The number of aromatic nitrogens is 3. The summed E-state index contributed by atoms with van der Waals surface area (Å²) < 4.78 is 3.32. The van der Waals surface area contributed by atoms with E-state index in [1.807, 2.05) is 30.1 Å². The molecule has 0 atom stereocenters. The van der Waals surface area contributed by atoms with Gasteiger partial charge in [-0.2, -0.15) is 0 Å². The Morgan fingerprint density at radius 2 is 2.18 bits per heavy atom. The van der Waals surface area contributed by atoms with E-state index in [9.17, 15) is 4.79 Å². The van der Waals surface area contributed by atoms with Gasteiger partial charge < -0.3 is 5.41 Å². The molecular formula is C12H8N4O. The van der Waals surface area contributed by atoms with E-state index in [-0.39, 0.29) is 10.6 Å². The van der Waals surface area contributed by atoms with Gasteiger partial charge in [-0.05, 0) is 12.1 Å². The highest BCUT2D eigenvalue weighted by Gasteiger charge is 2.19. The lowest BCUT2D eigenvalue weighted by molar-refractivity contribution is -0.619. The highest BCUT2D eigenvalue weighted by atomic mass is 16.1. The van der Waals surface area contributed by atoms with Crippen molar-refractivity contribution in [2.75, 3.05) is 0 Å². The lowest BCUT2D eigenvalue weighted by Crippen LogP contribution is -2.39. The van der Waals surface area contributed by atoms with Gasteiger partial charge >= 0.3 is 5.65 Å². The molecule has 0 aliphatic carbocycles. The van der Waals surface area contributed by atoms with Gasteiger partial charge in [0.1, 0.15) is 0 Å². The molecule has 0 spiro atoms. The Hall–Kier alpha value is -2.52. The predicted octanol–water partition coefficient (Wildman–Crippen LogP) is -0.698. The van der Waals surface area contributed by atoms with Gasteiger partial charge in [0.05, 0.1) is 18.5 Å². The molecule has 0 fully saturated rings. The number of para-hydroxylation sites is 2. The molecule has 0 N–H and O–H groups in total. The minimum absolute atomic E-state index is 0.0657. The molecule has 82 valence electrons. The maximum Gasteiger partial charge on any atom is 0.357 e. The second-order valence-corrected chi connectivity index (χ2v) is 3.78. The Bertz CT molecular complexity index is 875. The molecule has 0 aliphatic rings. The molecule has 2 aromatic heterocycles. The molecule has 0 aliphatic heterocycles. The van der Waals surface area contributed by atoms with Gasteiger partial charge in [-0.25, -0.2) is 4.57 Å². The molecule has 0 bridgehead atoms. The monoisotopic (exact) mass is 224 g/mol. The third kappa shape index (κ3) is 1.14. The van der Waals surface area contributed by atoms with Crippen molar-refractivity contribution in [3.05, 3.63) is 51.3 Å². The summed E-state index contributed by atoms with van der Waals surface area (Å²) in [6.07, 6.45) is 1.31. The zero-order chi connectivity index (χ0) is 12.0. The molecule has 17 heavy (non-hydrogen) atoms. The van der Waals surface area contributed by atoms with E-state index < -0.39 is 0 Å². The quantitative estimate of drug-likeness (QED) is 0.374. The van der Waals surface area contributed by atoms with Crippen LogP contribution in [0.4, 0.5) is 0 Å². The highest BCUT2D eigenvalue weighted by Crippen LogP contribution is 2.09. The summed E-state index contributed by atoms with van der Waals surface area (Å²) in [5.74, 6) is 1.86. The Kier molecular flexibility index (Phi) is 1.84. The van der Waals surface area contributed by atoms with E-state index in [0.717, 1.165) is 11.0 Å². The summed E-state index contributed by atoms with van der Waals surface area (Å²) >= 11 is 0. The van der Waals surface area contributed by atoms with Gasteiger partial charge in [-0.15, -0.1) is 0 Å². The molecule has 0 unspecified atom stereocenters. The number of hydrogen-bond donors (Lipinski definition) is 0. The van der Waals surface area contributed by atoms with Crippen LogP contribution in [0.3, 0.4) is 0 Å². The van der Waals surface area contributed by atoms with Crippen molar-refractivity contribution in [3.63, 3.8) is 0 Å². The van der Waals surface area contributed by atoms with Crippen molar-refractivity contribution in [3.8, 4) is 0 Å². The Labute approximate surface area is 95.7 Å². The third-order valence-electron chi connectivity index (χ3n) is 2.86. The van der Waals surface area contributed by atoms with Gasteiger partial charge in [0.25, 0.3) is 5.43 Å². The van der Waals surface area contributed by atoms with Crippen LogP contribution in [0.25, 0.3) is 22.1 Å². The fourth-order valence-corrected chi connectivity index (χ4v) is 2.04. The number of benzene rings is 1. The van der Waals surface area contributed by atoms with E-state index in [1.165, 1.54) is 6.20 Å². The fourth-order valence-electron chi connectivity index (χ4n) is 2.04. The second kappa shape index (κ2) is 3.23. The first kappa shape index (κ1) is 9.69. The lowest BCUT2D eigenvalue weighted by atomic mass is 10.3. The summed E-state index contributed by atoms with van der Waals surface area (Å²) in [5.41, 5.74) is 1.88. The topological polar surface area (TPSA) is 60.6 Å². The Morgan fingerprint density at radius 1 is 1.41 bits per heavy atom. The molecule has 2 heterocycles. The summed E-state index contributed by atoms with van der Waals surface area (Å²) in [7, 11) is 1.79. The van der Waals surface area contributed by atoms with Gasteiger partial charge in [0.2, 0.25) is 5.52 Å². The van der Waals surface area contributed by atoms with Gasteiger partial charge in [0, 0.05) is 0 Å². The molecular weight excluding hydrogens is 216 g/mol. The van der Waals surface area contributed by atoms with Gasteiger partial charge in [-0.3, -0.25) is 10.7 Å². The van der Waals surface area contributed by atoms with E-state index >= 15 is 0 Å². The fraction of sp³-hybridized carbons (Fsp3) is 0.0833. The average molecular weight is 224 g/mol. The summed E-state index contributed by atoms with van der Waals surface area (Å²) in [4.78, 5) is 12.0. The van der Waals surface area contributed by atoms with Crippen LogP contribution in [-0.2, 0) is 7.05 Å². The number of rotatable bonds is 0. The first-order valence-corrected chi connectivity index (χ1v) is 5.09. The van der Waals surface area contributed by atoms with Crippen LogP contribution in [0.15, 0.2) is 35.3 Å². The van der Waals surface area contributed by atoms with Crippen LogP contribution in [0, 0.1) is 0 Å². The SMILES string of the molecule is C[n+]1c2ccccc2n2ncc(=C=[N-])c(=O)c21. The molecule has 3 aromatic rings. The normalized spacial score (nSPS) is 10.9. The zero-order valence-corrected chi connectivity index (χ0v) is 9.08. The van der Waals surface area contributed by atoms with E-state index in [0.29, 0.717) is 5.65 Å². The van der Waals surface area contributed by atoms with E-state index in [1.54, 1.807) is 16.1 Å². The molecule has 0 radical (unpaired) electrons. The minimum Gasteiger partial charge on any atom is -0.763 e. The molecule has 5 heteroatoms. The Balaban J connectivity index is 2.78. The van der Waals surface area contributed by atoms with Crippen LogP contribution in [0.5, 0.6) is 0 Å². The minimum atomic E-state index is -0.291.